The minimum Gasteiger partial charge on any atom is -0.455 e. The highest BCUT2D eigenvalue weighted by atomic mass is 35.5. The van der Waals surface area contributed by atoms with Crippen molar-refractivity contribution in [3.05, 3.63) is 58.5 Å². The maximum absolute atomic E-state index is 12.8. The van der Waals surface area contributed by atoms with Gasteiger partial charge in [0.15, 0.2) is 5.76 Å². The summed E-state index contributed by atoms with van der Waals surface area (Å²) < 4.78 is 11.6. The van der Waals surface area contributed by atoms with Gasteiger partial charge < -0.3 is 14.1 Å². The van der Waals surface area contributed by atoms with Crippen molar-refractivity contribution in [1.82, 2.24) is 9.80 Å². The van der Waals surface area contributed by atoms with Crippen molar-refractivity contribution in [3.8, 4) is 0 Å². The largest absolute Gasteiger partial charge is 0.455 e. The van der Waals surface area contributed by atoms with Gasteiger partial charge in [0.25, 0.3) is 5.91 Å². The molecule has 6 heteroatoms. The Morgan fingerprint density at radius 3 is 2.46 bits per heavy atom. The van der Waals surface area contributed by atoms with Crippen LogP contribution in [0.1, 0.15) is 49.6 Å². The number of amides is 1. The van der Waals surface area contributed by atoms with Crippen LogP contribution in [0.15, 0.2) is 40.8 Å². The Hall–Kier alpha value is -1.82. The highest BCUT2D eigenvalue weighted by Gasteiger charge is 2.28. The fourth-order valence-corrected chi connectivity index (χ4v) is 3.74. The van der Waals surface area contributed by atoms with Crippen molar-refractivity contribution in [2.24, 2.45) is 0 Å². The summed E-state index contributed by atoms with van der Waals surface area (Å²) in [5.41, 5.74) is 1.08. The smallest absolute Gasteiger partial charge is 0.289 e. The molecule has 0 saturated carbocycles. The lowest BCUT2D eigenvalue weighted by atomic mass is 10.2. The third kappa shape index (κ3) is 5.16. The molecule has 1 aliphatic rings. The molecule has 152 valence electrons. The Kier molecular flexibility index (Phi) is 6.81. The van der Waals surface area contributed by atoms with Gasteiger partial charge in [-0.15, -0.1) is 0 Å². The number of nitrogens with zero attached hydrogens (tertiary/aromatic N) is 2. The van der Waals surface area contributed by atoms with E-state index in [1.54, 1.807) is 6.07 Å². The lowest BCUT2D eigenvalue weighted by molar-refractivity contribution is -0.0592. The van der Waals surface area contributed by atoms with Gasteiger partial charge in [-0.3, -0.25) is 9.69 Å². The monoisotopic (exact) mass is 404 g/mol. The van der Waals surface area contributed by atoms with Crippen LogP contribution in [-0.2, 0) is 17.8 Å². The van der Waals surface area contributed by atoms with Gasteiger partial charge >= 0.3 is 0 Å². The molecule has 2 heterocycles. The molecule has 5 nitrogen and oxygen atoms in total. The first-order chi connectivity index (χ1) is 13.3. The normalized spacial score (nSPS) is 20.2. The molecule has 0 radical (unpaired) electrons. The van der Waals surface area contributed by atoms with Crippen LogP contribution >= 0.6 is 11.6 Å². The van der Waals surface area contributed by atoms with Crippen LogP contribution in [0, 0.1) is 0 Å². The topological polar surface area (TPSA) is 45.9 Å². The van der Waals surface area contributed by atoms with E-state index in [0.717, 1.165) is 22.9 Å². The molecule has 0 N–H and O–H groups in total. The predicted molar refractivity (Wildman–Crippen MR) is 110 cm³/mol. The fraction of sp³-hybridized carbons (Fsp3) is 0.500. The van der Waals surface area contributed by atoms with Gasteiger partial charge in [0.05, 0.1) is 18.8 Å². The average molecular weight is 405 g/mol. The third-order valence-electron chi connectivity index (χ3n) is 5.00. The first kappa shape index (κ1) is 20.9. The van der Waals surface area contributed by atoms with E-state index in [-0.39, 0.29) is 18.1 Å². The SMILES string of the molecule is CC1CN(C(=O)c2ccc(CN(Cc3ccccc3Cl)C(C)C)o2)CC(C)O1. The lowest BCUT2D eigenvalue weighted by Gasteiger charge is -2.34. The van der Waals surface area contributed by atoms with Gasteiger partial charge in [-0.05, 0) is 51.5 Å². The summed E-state index contributed by atoms with van der Waals surface area (Å²) in [7, 11) is 0. The highest BCUT2D eigenvalue weighted by Crippen LogP contribution is 2.22. The molecule has 1 saturated heterocycles. The second kappa shape index (κ2) is 9.12. The van der Waals surface area contributed by atoms with Gasteiger partial charge in [-0.2, -0.15) is 0 Å². The van der Waals surface area contributed by atoms with Crippen molar-refractivity contribution in [1.29, 1.82) is 0 Å². The van der Waals surface area contributed by atoms with Gasteiger partial charge in [0.2, 0.25) is 0 Å². The maximum atomic E-state index is 12.8. The minimum absolute atomic E-state index is 0.0363. The molecule has 2 unspecified atom stereocenters. The van der Waals surface area contributed by atoms with Gasteiger partial charge in [0.1, 0.15) is 5.76 Å². The average Bonchev–Trinajstić information content (AvgIpc) is 3.10. The zero-order valence-electron chi connectivity index (χ0n) is 17.0. The molecular formula is C22H29ClN2O3. The van der Waals surface area contributed by atoms with Crippen LogP contribution < -0.4 is 0 Å². The first-order valence-electron chi connectivity index (χ1n) is 9.84. The number of hydrogen-bond acceptors (Lipinski definition) is 4. The molecule has 1 fully saturated rings. The van der Waals surface area contributed by atoms with E-state index >= 15 is 0 Å². The predicted octanol–water partition coefficient (Wildman–Crippen LogP) is 4.59. The molecule has 0 bridgehead atoms. The summed E-state index contributed by atoms with van der Waals surface area (Å²) in [5.74, 6) is 1.09. The first-order valence-corrected chi connectivity index (χ1v) is 10.2. The van der Waals surface area contributed by atoms with Crippen molar-refractivity contribution >= 4 is 17.5 Å². The van der Waals surface area contributed by atoms with Crippen molar-refractivity contribution in [2.75, 3.05) is 13.1 Å². The minimum atomic E-state index is -0.0737. The Balaban J connectivity index is 1.68. The lowest BCUT2D eigenvalue weighted by Crippen LogP contribution is -2.48. The highest BCUT2D eigenvalue weighted by molar-refractivity contribution is 6.31. The zero-order valence-corrected chi connectivity index (χ0v) is 17.8. The number of morpholine rings is 1. The van der Waals surface area contributed by atoms with Crippen LogP contribution in [-0.4, -0.2) is 47.0 Å². The number of carbonyl (C=O) groups is 1. The molecule has 3 rings (SSSR count). The van der Waals surface area contributed by atoms with E-state index in [1.165, 1.54) is 0 Å². The second-order valence-electron chi connectivity index (χ2n) is 7.82. The summed E-state index contributed by atoms with van der Waals surface area (Å²) >= 11 is 6.32. The summed E-state index contributed by atoms with van der Waals surface area (Å²) in [6, 6.07) is 11.8. The Labute approximate surface area is 172 Å². The maximum Gasteiger partial charge on any atom is 0.289 e. The molecule has 0 aliphatic carbocycles. The van der Waals surface area contributed by atoms with Crippen LogP contribution in [0.25, 0.3) is 0 Å². The number of rotatable bonds is 6. The van der Waals surface area contributed by atoms with Gasteiger partial charge in [-0.25, -0.2) is 0 Å². The number of benzene rings is 1. The summed E-state index contributed by atoms with van der Waals surface area (Å²) in [6.07, 6.45) is 0.0726. The molecule has 0 spiro atoms. The number of carbonyl (C=O) groups excluding carboxylic acids is 1. The van der Waals surface area contributed by atoms with Crippen LogP contribution in [0.3, 0.4) is 0 Å². The molecule has 28 heavy (non-hydrogen) atoms. The molecule has 2 atom stereocenters. The Morgan fingerprint density at radius 1 is 1.14 bits per heavy atom. The number of ether oxygens (including phenoxy) is 1. The van der Waals surface area contributed by atoms with Gasteiger partial charge in [-0.1, -0.05) is 29.8 Å². The third-order valence-corrected chi connectivity index (χ3v) is 5.37. The van der Waals surface area contributed by atoms with E-state index in [2.05, 4.69) is 18.7 Å². The summed E-state index contributed by atoms with van der Waals surface area (Å²) in [5, 5.41) is 0.763. The summed E-state index contributed by atoms with van der Waals surface area (Å²) in [4.78, 5) is 16.9. The van der Waals surface area contributed by atoms with E-state index in [4.69, 9.17) is 20.8 Å². The molecule has 1 aromatic carbocycles. The Morgan fingerprint density at radius 2 is 1.82 bits per heavy atom. The number of furan rings is 1. The van der Waals surface area contributed by atoms with Crippen molar-refractivity contribution in [3.63, 3.8) is 0 Å². The standard InChI is InChI=1S/C22H29ClN2O3/c1-15(2)24(13-18-7-5-6-8-20(18)23)14-19-9-10-21(28-19)22(26)25-11-16(3)27-17(4)12-25/h5-10,15-17H,11-14H2,1-4H3. The molecule has 2 aromatic rings. The van der Waals surface area contributed by atoms with Crippen LogP contribution in [0.2, 0.25) is 5.02 Å². The van der Waals surface area contributed by atoms with E-state index in [1.807, 2.05) is 49.1 Å². The van der Waals surface area contributed by atoms with Gasteiger partial charge in [0, 0.05) is 30.7 Å². The second-order valence-corrected chi connectivity index (χ2v) is 8.23. The quantitative estimate of drug-likeness (QED) is 0.706. The molecule has 1 amide bonds. The van der Waals surface area contributed by atoms with Crippen LogP contribution in [0.4, 0.5) is 0 Å². The molecule has 1 aromatic heterocycles. The van der Waals surface area contributed by atoms with Crippen molar-refractivity contribution in [2.45, 2.75) is 59.0 Å². The summed E-state index contributed by atoms with van der Waals surface area (Å²) in [6.45, 7) is 10.8. The van der Waals surface area contributed by atoms with E-state index in [0.29, 0.717) is 31.4 Å². The van der Waals surface area contributed by atoms with Crippen molar-refractivity contribution < 1.29 is 13.9 Å². The van der Waals surface area contributed by atoms with E-state index in [9.17, 15) is 4.79 Å². The number of halogens is 1. The molecule has 1 aliphatic heterocycles. The van der Waals surface area contributed by atoms with E-state index < -0.39 is 0 Å². The number of hydrogen-bond donors (Lipinski definition) is 0. The molecular weight excluding hydrogens is 376 g/mol. The Bertz CT molecular complexity index is 795. The fourth-order valence-electron chi connectivity index (χ4n) is 3.54. The zero-order chi connectivity index (χ0) is 20.3. The van der Waals surface area contributed by atoms with Crippen LogP contribution in [0.5, 0.6) is 0 Å².